The van der Waals surface area contributed by atoms with E-state index in [9.17, 15) is 4.79 Å². The molecule has 0 saturated carbocycles. The Morgan fingerprint density at radius 3 is 2.48 bits per heavy atom. The zero-order valence-corrected chi connectivity index (χ0v) is 12.6. The lowest BCUT2D eigenvalue weighted by atomic mass is 10.0. The van der Waals surface area contributed by atoms with Crippen LogP contribution >= 0.6 is 0 Å². The van der Waals surface area contributed by atoms with E-state index in [0.717, 1.165) is 5.56 Å². The lowest BCUT2D eigenvalue weighted by Gasteiger charge is -2.18. The molecule has 0 saturated heterocycles. The highest BCUT2D eigenvalue weighted by molar-refractivity contribution is 5.40. The van der Waals surface area contributed by atoms with E-state index in [1.807, 2.05) is 51.1 Å². The molecule has 0 amide bonds. The van der Waals surface area contributed by atoms with Gasteiger partial charge in [-0.2, -0.15) is 0 Å². The predicted molar refractivity (Wildman–Crippen MR) is 83.3 cm³/mol. The normalized spacial score (nSPS) is 12.6. The van der Waals surface area contributed by atoms with Crippen molar-refractivity contribution in [1.82, 2.24) is 9.97 Å². The molecule has 0 aliphatic rings. The summed E-state index contributed by atoms with van der Waals surface area (Å²) < 4.78 is 5.74. The molecular weight excluding hydrogens is 266 g/mol. The molecule has 112 valence electrons. The first-order valence-corrected chi connectivity index (χ1v) is 7.10. The van der Waals surface area contributed by atoms with Gasteiger partial charge < -0.3 is 15.5 Å². The van der Waals surface area contributed by atoms with Gasteiger partial charge in [-0.3, -0.25) is 4.79 Å². The third-order valence-electron chi connectivity index (χ3n) is 3.26. The number of nitrogen functional groups attached to an aromatic ring is 1. The maximum atomic E-state index is 12.2. The number of benzene rings is 1. The summed E-state index contributed by atoms with van der Waals surface area (Å²) in [4.78, 5) is 19.4. The Morgan fingerprint density at radius 1 is 1.29 bits per heavy atom. The number of aromatic amines is 1. The van der Waals surface area contributed by atoms with Crippen molar-refractivity contribution in [2.24, 2.45) is 0 Å². The van der Waals surface area contributed by atoms with Crippen molar-refractivity contribution in [1.29, 1.82) is 0 Å². The summed E-state index contributed by atoms with van der Waals surface area (Å²) in [6.07, 6.45) is -0.424. The lowest BCUT2D eigenvalue weighted by Crippen LogP contribution is -2.23. The van der Waals surface area contributed by atoms with Gasteiger partial charge in [0.15, 0.2) is 0 Å². The van der Waals surface area contributed by atoms with Gasteiger partial charge in [0.05, 0.1) is 5.56 Å². The van der Waals surface area contributed by atoms with Crippen LogP contribution in [0, 0.1) is 0 Å². The molecule has 5 nitrogen and oxygen atoms in total. The number of anilines is 1. The predicted octanol–water partition coefficient (Wildman–Crippen LogP) is 2.60. The maximum Gasteiger partial charge on any atom is 0.256 e. The van der Waals surface area contributed by atoms with Crippen LogP contribution in [0.3, 0.4) is 0 Å². The van der Waals surface area contributed by atoms with E-state index in [1.54, 1.807) is 0 Å². The highest BCUT2D eigenvalue weighted by Crippen LogP contribution is 2.24. The van der Waals surface area contributed by atoms with Crippen LogP contribution in [0.25, 0.3) is 0 Å². The van der Waals surface area contributed by atoms with Crippen LogP contribution in [-0.2, 0) is 4.74 Å². The van der Waals surface area contributed by atoms with E-state index >= 15 is 0 Å². The number of hydrogen-bond donors (Lipinski definition) is 2. The number of H-pyrrole nitrogens is 1. The topological polar surface area (TPSA) is 81.0 Å². The smallest absolute Gasteiger partial charge is 0.256 e. The Hall–Kier alpha value is -2.14. The first-order valence-electron chi connectivity index (χ1n) is 7.10. The summed E-state index contributed by atoms with van der Waals surface area (Å²) in [5, 5.41) is 0. The second-order valence-corrected chi connectivity index (χ2v) is 5.15. The van der Waals surface area contributed by atoms with Gasteiger partial charge >= 0.3 is 0 Å². The largest absolute Gasteiger partial charge is 0.383 e. The minimum atomic E-state index is -0.424. The number of rotatable bonds is 5. The molecule has 0 radical (unpaired) electrons. The zero-order valence-electron chi connectivity index (χ0n) is 12.6. The van der Waals surface area contributed by atoms with E-state index in [2.05, 4.69) is 9.97 Å². The first-order chi connectivity index (χ1) is 10.0. The number of nitrogens with zero attached hydrogens (tertiary/aromatic N) is 1. The monoisotopic (exact) mass is 287 g/mol. The quantitative estimate of drug-likeness (QED) is 0.885. The summed E-state index contributed by atoms with van der Waals surface area (Å²) in [5.74, 6) is 0.733. The van der Waals surface area contributed by atoms with Crippen molar-refractivity contribution in [2.45, 2.75) is 32.8 Å². The number of nitrogens with one attached hydrogen (secondary N) is 1. The van der Waals surface area contributed by atoms with Gasteiger partial charge in [-0.25, -0.2) is 4.98 Å². The van der Waals surface area contributed by atoms with Gasteiger partial charge in [-0.15, -0.1) is 0 Å². The van der Waals surface area contributed by atoms with E-state index in [-0.39, 0.29) is 17.3 Å². The summed E-state index contributed by atoms with van der Waals surface area (Å²) >= 11 is 0. The molecule has 5 heteroatoms. The molecule has 1 aromatic carbocycles. The zero-order chi connectivity index (χ0) is 15.4. The maximum absolute atomic E-state index is 12.2. The Bertz CT molecular complexity index is 650. The van der Waals surface area contributed by atoms with Crippen molar-refractivity contribution in [3.8, 4) is 0 Å². The van der Waals surface area contributed by atoms with E-state index < -0.39 is 6.10 Å². The van der Waals surface area contributed by atoms with Crippen LogP contribution < -0.4 is 11.3 Å². The molecular formula is C16H21N3O2. The van der Waals surface area contributed by atoms with E-state index in [4.69, 9.17) is 10.5 Å². The van der Waals surface area contributed by atoms with Gasteiger partial charge in [-0.05, 0) is 18.4 Å². The molecule has 0 bridgehead atoms. The van der Waals surface area contributed by atoms with Crippen LogP contribution in [0.5, 0.6) is 0 Å². The molecule has 1 heterocycles. The molecule has 2 rings (SSSR count). The number of hydrogen-bond acceptors (Lipinski definition) is 4. The Morgan fingerprint density at radius 2 is 1.95 bits per heavy atom. The lowest BCUT2D eigenvalue weighted by molar-refractivity contribution is 0.0850. The number of ether oxygens (including phenoxy) is 1. The summed E-state index contributed by atoms with van der Waals surface area (Å²) in [5.41, 5.74) is 7.19. The highest BCUT2D eigenvalue weighted by Gasteiger charge is 2.20. The Balaban J connectivity index is 2.50. The second-order valence-electron chi connectivity index (χ2n) is 5.15. The highest BCUT2D eigenvalue weighted by atomic mass is 16.5. The van der Waals surface area contributed by atoms with Crippen molar-refractivity contribution in [3.63, 3.8) is 0 Å². The summed E-state index contributed by atoms with van der Waals surface area (Å²) in [6.45, 7) is 6.24. The van der Waals surface area contributed by atoms with E-state index in [0.29, 0.717) is 18.0 Å². The molecule has 0 fully saturated rings. The molecule has 1 aromatic heterocycles. The fraction of sp³-hybridized carbons (Fsp3) is 0.375. The second kappa shape index (κ2) is 6.54. The van der Waals surface area contributed by atoms with Gasteiger partial charge in [0.2, 0.25) is 0 Å². The molecule has 21 heavy (non-hydrogen) atoms. The van der Waals surface area contributed by atoms with Crippen LogP contribution in [0.2, 0.25) is 0 Å². The van der Waals surface area contributed by atoms with Crippen molar-refractivity contribution >= 4 is 5.82 Å². The average Bonchev–Trinajstić information content (AvgIpc) is 2.44. The molecule has 1 atom stereocenters. The summed E-state index contributed by atoms with van der Waals surface area (Å²) in [7, 11) is 0. The molecule has 2 aromatic rings. The van der Waals surface area contributed by atoms with E-state index in [1.165, 1.54) is 0 Å². The van der Waals surface area contributed by atoms with Crippen molar-refractivity contribution in [2.75, 3.05) is 12.3 Å². The Kier molecular flexibility index (Phi) is 4.75. The first kappa shape index (κ1) is 15.3. The minimum Gasteiger partial charge on any atom is -0.383 e. The Labute approximate surface area is 124 Å². The molecule has 1 unspecified atom stereocenters. The van der Waals surface area contributed by atoms with Gasteiger partial charge in [0, 0.05) is 6.61 Å². The number of aromatic nitrogens is 2. The third kappa shape index (κ3) is 3.31. The molecule has 0 spiro atoms. The van der Waals surface area contributed by atoms with Crippen LogP contribution in [-0.4, -0.2) is 16.6 Å². The van der Waals surface area contributed by atoms with Crippen LogP contribution in [0.1, 0.15) is 49.7 Å². The average molecular weight is 287 g/mol. The fourth-order valence-corrected chi connectivity index (χ4v) is 2.33. The van der Waals surface area contributed by atoms with Crippen molar-refractivity contribution < 1.29 is 4.74 Å². The number of nitrogens with two attached hydrogens (primary N) is 1. The standard InChI is InChI=1S/C16H21N3O2/c1-4-21-13(11-8-6-5-7-9-11)15-18-14(17)12(10(2)3)16(20)19-15/h5-10,13H,4H2,1-3H3,(H3,17,18,19,20). The molecule has 0 aliphatic heterocycles. The summed E-state index contributed by atoms with van der Waals surface area (Å²) in [6, 6.07) is 9.65. The third-order valence-corrected chi connectivity index (χ3v) is 3.26. The molecule has 0 aliphatic carbocycles. The SMILES string of the molecule is CCOC(c1ccccc1)c1nc(N)c(C(C)C)c(=O)[nH]1. The van der Waals surface area contributed by atoms with Gasteiger partial charge in [0.25, 0.3) is 5.56 Å². The minimum absolute atomic E-state index is 0.0255. The van der Waals surface area contributed by atoms with Crippen LogP contribution in [0.4, 0.5) is 5.82 Å². The van der Waals surface area contributed by atoms with Gasteiger partial charge in [0.1, 0.15) is 17.7 Å². The van der Waals surface area contributed by atoms with Gasteiger partial charge in [-0.1, -0.05) is 44.2 Å². The molecule has 3 N–H and O–H groups in total. The fourth-order valence-electron chi connectivity index (χ4n) is 2.33. The van der Waals surface area contributed by atoms with Crippen molar-refractivity contribution in [3.05, 3.63) is 57.6 Å². The van der Waals surface area contributed by atoms with Crippen LogP contribution in [0.15, 0.2) is 35.1 Å².